The molecule has 2 bridgehead atoms. The highest BCUT2D eigenvalue weighted by molar-refractivity contribution is 5.88. The van der Waals surface area contributed by atoms with Crippen LogP contribution in [0.5, 0.6) is 0 Å². The highest BCUT2D eigenvalue weighted by atomic mass is 16.4. The van der Waals surface area contributed by atoms with E-state index in [0.29, 0.717) is 6.42 Å². The largest absolute Gasteiger partial charge is 0.481 e. The Morgan fingerprint density at radius 2 is 2.31 bits per heavy atom. The first-order valence-electron chi connectivity index (χ1n) is 4.30. The van der Waals surface area contributed by atoms with Crippen molar-refractivity contribution in [2.24, 2.45) is 17.8 Å². The van der Waals surface area contributed by atoms with Crippen LogP contribution in [0.3, 0.4) is 0 Å². The van der Waals surface area contributed by atoms with Crippen molar-refractivity contribution in [2.75, 3.05) is 0 Å². The number of carboxylic acid groups (broad SMARTS) is 1. The van der Waals surface area contributed by atoms with Gasteiger partial charge >= 0.3 is 5.97 Å². The Morgan fingerprint density at radius 3 is 2.77 bits per heavy atom. The summed E-state index contributed by atoms with van der Waals surface area (Å²) < 4.78 is 0. The second-order valence-corrected chi connectivity index (χ2v) is 3.66. The van der Waals surface area contributed by atoms with Crippen molar-refractivity contribution in [3.05, 3.63) is 17.4 Å². The average molecular weight is 178 g/mol. The van der Waals surface area contributed by atoms with E-state index in [1.807, 2.05) is 6.08 Å². The highest BCUT2D eigenvalue weighted by Crippen LogP contribution is 2.45. The SMILES string of the molecule is CC(=O)C1C2C=C=C(C2)C1C(=O)O. The normalized spacial score (nSPS) is 34.8. The third-order valence-corrected chi connectivity index (χ3v) is 2.87. The second-order valence-electron chi connectivity index (χ2n) is 3.66. The molecule has 0 amide bonds. The monoisotopic (exact) mass is 178 g/mol. The van der Waals surface area contributed by atoms with Gasteiger partial charge in [0.1, 0.15) is 5.78 Å². The molecular formula is C10H10O3. The summed E-state index contributed by atoms with van der Waals surface area (Å²) in [7, 11) is 0. The van der Waals surface area contributed by atoms with Gasteiger partial charge in [-0.3, -0.25) is 9.59 Å². The lowest BCUT2D eigenvalue weighted by Gasteiger charge is -2.17. The minimum Gasteiger partial charge on any atom is -0.481 e. The summed E-state index contributed by atoms with van der Waals surface area (Å²) in [6.45, 7) is 1.47. The van der Waals surface area contributed by atoms with Crippen LogP contribution in [0.15, 0.2) is 17.4 Å². The van der Waals surface area contributed by atoms with Gasteiger partial charge in [0.15, 0.2) is 0 Å². The Bertz CT molecular complexity index is 347. The molecule has 3 unspecified atom stereocenters. The van der Waals surface area contributed by atoms with E-state index in [1.54, 1.807) is 0 Å². The molecule has 0 spiro atoms. The number of fused-ring (bicyclic) bond motifs is 2. The maximum atomic E-state index is 11.2. The fourth-order valence-electron chi connectivity index (χ4n) is 2.34. The Kier molecular flexibility index (Phi) is 1.64. The number of rotatable bonds is 2. The molecule has 13 heavy (non-hydrogen) atoms. The molecule has 2 aliphatic carbocycles. The molecule has 1 N–H and O–H groups in total. The molecule has 0 saturated heterocycles. The van der Waals surface area contributed by atoms with E-state index in [2.05, 4.69) is 5.73 Å². The molecule has 3 heteroatoms. The summed E-state index contributed by atoms with van der Waals surface area (Å²) in [4.78, 5) is 22.1. The summed E-state index contributed by atoms with van der Waals surface area (Å²) in [6.07, 6.45) is 2.54. The zero-order valence-electron chi connectivity index (χ0n) is 7.28. The van der Waals surface area contributed by atoms with Crippen LogP contribution < -0.4 is 0 Å². The molecule has 0 aromatic carbocycles. The molecule has 0 radical (unpaired) electrons. The van der Waals surface area contributed by atoms with Gasteiger partial charge in [-0.2, -0.15) is 0 Å². The van der Waals surface area contributed by atoms with Gasteiger partial charge < -0.3 is 5.11 Å². The Balaban J connectivity index is 2.37. The molecule has 68 valence electrons. The smallest absolute Gasteiger partial charge is 0.312 e. The third-order valence-electron chi connectivity index (χ3n) is 2.87. The van der Waals surface area contributed by atoms with Crippen LogP contribution in [0.1, 0.15) is 13.3 Å². The lowest BCUT2D eigenvalue weighted by molar-refractivity contribution is -0.144. The number of hydrogen-bond donors (Lipinski definition) is 1. The fourth-order valence-corrected chi connectivity index (χ4v) is 2.34. The Labute approximate surface area is 75.8 Å². The Morgan fingerprint density at radius 1 is 1.62 bits per heavy atom. The van der Waals surface area contributed by atoms with Gasteiger partial charge in [0.2, 0.25) is 0 Å². The molecule has 0 aromatic heterocycles. The summed E-state index contributed by atoms with van der Waals surface area (Å²) in [5.74, 6) is -1.77. The van der Waals surface area contributed by atoms with Crippen molar-refractivity contribution in [2.45, 2.75) is 13.3 Å². The number of carbonyl (C=O) groups excluding carboxylic acids is 1. The first-order chi connectivity index (χ1) is 6.11. The predicted octanol–water partition coefficient (Wildman–Crippen LogP) is 1.01. The summed E-state index contributed by atoms with van der Waals surface area (Å²) in [6, 6.07) is 0. The molecule has 0 heterocycles. The maximum absolute atomic E-state index is 11.2. The van der Waals surface area contributed by atoms with E-state index in [4.69, 9.17) is 5.11 Å². The molecule has 1 saturated carbocycles. The molecule has 1 fully saturated rings. The lowest BCUT2D eigenvalue weighted by atomic mass is 9.84. The van der Waals surface area contributed by atoms with E-state index in [-0.39, 0.29) is 17.6 Å². The van der Waals surface area contributed by atoms with Gasteiger partial charge in [0, 0.05) is 5.92 Å². The van der Waals surface area contributed by atoms with Crippen LogP contribution >= 0.6 is 0 Å². The number of hydrogen-bond acceptors (Lipinski definition) is 2. The topological polar surface area (TPSA) is 54.4 Å². The third kappa shape index (κ3) is 1.04. The number of carboxylic acids is 1. The van der Waals surface area contributed by atoms with Crippen molar-refractivity contribution in [1.82, 2.24) is 0 Å². The van der Waals surface area contributed by atoms with Crippen molar-refractivity contribution < 1.29 is 14.7 Å². The Hall–Kier alpha value is -1.34. The molecule has 3 nitrogen and oxygen atoms in total. The quantitative estimate of drug-likeness (QED) is 0.642. The van der Waals surface area contributed by atoms with Crippen molar-refractivity contribution in [1.29, 1.82) is 0 Å². The van der Waals surface area contributed by atoms with Gasteiger partial charge in [0.25, 0.3) is 0 Å². The number of aliphatic carboxylic acids is 1. The second kappa shape index (κ2) is 2.57. The standard InChI is InChI=1S/C10H10O3/c1-5(11)8-6-2-3-7(4-6)9(8)10(12)13/h2,6,8-9H,4H2,1H3,(H,12,13). The minimum absolute atomic E-state index is 0.0230. The molecule has 2 aliphatic rings. The van der Waals surface area contributed by atoms with E-state index in [9.17, 15) is 9.59 Å². The average Bonchev–Trinajstić information content (AvgIpc) is 2.60. The zero-order valence-corrected chi connectivity index (χ0v) is 7.28. The van der Waals surface area contributed by atoms with Gasteiger partial charge in [-0.1, -0.05) is 0 Å². The van der Waals surface area contributed by atoms with Crippen molar-refractivity contribution in [3.8, 4) is 0 Å². The molecule has 0 aromatic rings. The van der Waals surface area contributed by atoms with E-state index in [1.165, 1.54) is 6.92 Å². The van der Waals surface area contributed by atoms with Crippen LogP contribution in [0.25, 0.3) is 0 Å². The lowest BCUT2D eigenvalue weighted by Crippen LogP contribution is -2.28. The number of Topliss-reactive ketones (excluding diaryl/α,β-unsaturated/α-hetero) is 1. The van der Waals surface area contributed by atoms with Crippen LogP contribution in [-0.4, -0.2) is 16.9 Å². The van der Waals surface area contributed by atoms with Crippen LogP contribution in [0.2, 0.25) is 0 Å². The predicted molar refractivity (Wildman–Crippen MR) is 45.0 cm³/mol. The molecule has 3 atom stereocenters. The van der Waals surface area contributed by atoms with Crippen molar-refractivity contribution in [3.63, 3.8) is 0 Å². The molecular weight excluding hydrogens is 168 g/mol. The molecule has 2 rings (SSSR count). The molecule has 0 aliphatic heterocycles. The maximum Gasteiger partial charge on any atom is 0.312 e. The van der Waals surface area contributed by atoms with E-state index >= 15 is 0 Å². The van der Waals surface area contributed by atoms with E-state index < -0.39 is 11.9 Å². The van der Waals surface area contributed by atoms with Crippen LogP contribution in [0, 0.1) is 17.8 Å². The first kappa shape index (κ1) is 8.27. The summed E-state index contributed by atoms with van der Waals surface area (Å²) in [5, 5.41) is 8.93. The van der Waals surface area contributed by atoms with Crippen LogP contribution in [-0.2, 0) is 9.59 Å². The highest BCUT2D eigenvalue weighted by Gasteiger charge is 2.47. The number of ketones is 1. The fraction of sp³-hybridized carbons (Fsp3) is 0.500. The summed E-state index contributed by atoms with van der Waals surface area (Å²) in [5.41, 5.74) is 3.72. The first-order valence-corrected chi connectivity index (χ1v) is 4.30. The van der Waals surface area contributed by atoms with E-state index in [0.717, 1.165) is 5.57 Å². The van der Waals surface area contributed by atoms with Gasteiger partial charge in [-0.15, -0.1) is 5.73 Å². The van der Waals surface area contributed by atoms with Gasteiger partial charge in [0.05, 0.1) is 5.92 Å². The van der Waals surface area contributed by atoms with Crippen molar-refractivity contribution >= 4 is 11.8 Å². The summed E-state index contributed by atoms with van der Waals surface area (Å²) >= 11 is 0. The van der Waals surface area contributed by atoms with Crippen LogP contribution in [0.4, 0.5) is 0 Å². The van der Waals surface area contributed by atoms with Gasteiger partial charge in [-0.05, 0) is 30.9 Å². The number of carbonyl (C=O) groups is 2. The van der Waals surface area contributed by atoms with Gasteiger partial charge in [-0.25, -0.2) is 0 Å². The minimum atomic E-state index is -0.890. The zero-order chi connectivity index (χ0) is 9.59.